The highest BCUT2D eigenvalue weighted by molar-refractivity contribution is 8.00. The summed E-state index contributed by atoms with van der Waals surface area (Å²) >= 11 is 7.55. The van der Waals surface area contributed by atoms with Gasteiger partial charge >= 0.3 is 0 Å². The summed E-state index contributed by atoms with van der Waals surface area (Å²) in [4.78, 5) is 26.2. The Bertz CT molecular complexity index is 777. The van der Waals surface area contributed by atoms with E-state index in [4.69, 9.17) is 11.6 Å². The number of hydrogen-bond donors (Lipinski definition) is 1. The number of thioether (sulfide) groups is 1. The standard InChI is InChI=1S/C20H21ClN2O2S/c1-2-11-22-19(25)15-5-7-16(8-6-15)20-23(18(24)13-26-20)12-14-3-9-17(21)10-4-14/h3-10,20H,2,11-13H2,1H3,(H,22,25)/t20-/m0/s1. The van der Waals surface area contributed by atoms with Crippen LogP contribution in [0.15, 0.2) is 48.5 Å². The average Bonchev–Trinajstić information content (AvgIpc) is 3.02. The lowest BCUT2D eigenvalue weighted by Gasteiger charge is -2.24. The van der Waals surface area contributed by atoms with Crippen LogP contribution in [0.3, 0.4) is 0 Å². The van der Waals surface area contributed by atoms with Gasteiger partial charge in [-0.1, -0.05) is 42.8 Å². The first kappa shape index (κ1) is 18.8. The lowest BCUT2D eigenvalue weighted by molar-refractivity contribution is -0.128. The van der Waals surface area contributed by atoms with Crippen molar-refractivity contribution in [2.24, 2.45) is 0 Å². The molecule has 0 aliphatic carbocycles. The van der Waals surface area contributed by atoms with E-state index in [1.807, 2.05) is 60.4 Å². The van der Waals surface area contributed by atoms with E-state index in [1.165, 1.54) is 0 Å². The quantitative estimate of drug-likeness (QED) is 0.804. The normalized spacial score (nSPS) is 16.8. The van der Waals surface area contributed by atoms with Gasteiger partial charge in [-0.3, -0.25) is 9.59 Å². The van der Waals surface area contributed by atoms with Crippen molar-refractivity contribution >= 4 is 35.2 Å². The van der Waals surface area contributed by atoms with Gasteiger partial charge in [-0.25, -0.2) is 0 Å². The number of nitrogens with zero attached hydrogens (tertiary/aromatic N) is 1. The van der Waals surface area contributed by atoms with Gasteiger partial charge < -0.3 is 10.2 Å². The summed E-state index contributed by atoms with van der Waals surface area (Å²) < 4.78 is 0. The molecule has 0 aromatic heterocycles. The summed E-state index contributed by atoms with van der Waals surface area (Å²) in [7, 11) is 0. The molecule has 0 bridgehead atoms. The molecule has 136 valence electrons. The predicted molar refractivity (Wildman–Crippen MR) is 106 cm³/mol. The number of carbonyl (C=O) groups excluding carboxylic acids is 2. The van der Waals surface area contributed by atoms with E-state index < -0.39 is 0 Å². The van der Waals surface area contributed by atoms with Gasteiger partial charge in [-0.05, 0) is 41.8 Å². The highest BCUT2D eigenvalue weighted by Gasteiger charge is 2.32. The van der Waals surface area contributed by atoms with Crippen LogP contribution in [0.25, 0.3) is 0 Å². The Morgan fingerprint density at radius 1 is 1.19 bits per heavy atom. The van der Waals surface area contributed by atoms with Crippen LogP contribution in [0.1, 0.15) is 40.2 Å². The Balaban J connectivity index is 1.73. The summed E-state index contributed by atoms with van der Waals surface area (Å²) in [5.74, 6) is 0.531. The summed E-state index contributed by atoms with van der Waals surface area (Å²) in [5, 5.41) is 3.52. The van der Waals surface area contributed by atoms with Gasteiger partial charge in [-0.15, -0.1) is 11.8 Å². The van der Waals surface area contributed by atoms with E-state index in [2.05, 4.69) is 5.32 Å². The van der Waals surface area contributed by atoms with Crippen molar-refractivity contribution in [3.05, 3.63) is 70.2 Å². The Morgan fingerprint density at radius 2 is 1.88 bits per heavy atom. The lowest BCUT2D eigenvalue weighted by atomic mass is 10.1. The molecule has 26 heavy (non-hydrogen) atoms. The van der Waals surface area contributed by atoms with Crippen LogP contribution in [0.4, 0.5) is 0 Å². The molecule has 3 rings (SSSR count). The third kappa shape index (κ3) is 4.40. The highest BCUT2D eigenvalue weighted by atomic mass is 35.5. The van der Waals surface area contributed by atoms with Crippen molar-refractivity contribution in [2.45, 2.75) is 25.3 Å². The summed E-state index contributed by atoms with van der Waals surface area (Å²) in [6.07, 6.45) is 0.907. The molecule has 2 aromatic carbocycles. The van der Waals surface area contributed by atoms with Gasteiger partial charge in [0, 0.05) is 23.7 Å². The molecule has 2 aromatic rings. The van der Waals surface area contributed by atoms with Crippen molar-refractivity contribution in [2.75, 3.05) is 12.3 Å². The first-order valence-electron chi connectivity index (χ1n) is 8.62. The van der Waals surface area contributed by atoms with Gasteiger partial charge in [0.2, 0.25) is 5.91 Å². The number of halogens is 1. The zero-order valence-corrected chi connectivity index (χ0v) is 16.1. The molecule has 1 fully saturated rings. The van der Waals surface area contributed by atoms with E-state index in [0.29, 0.717) is 29.4 Å². The van der Waals surface area contributed by atoms with Gasteiger partial charge in [0.25, 0.3) is 5.91 Å². The molecule has 1 atom stereocenters. The van der Waals surface area contributed by atoms with Gasteiger partial charge in [0.1, 0.15) is 5.37 Å². The van der Waals surface area contributed by atoms with Gasteiger partial charge in [0.15, 0.2) is 0 Å². The Kier molecular flexibility index (Phi) is 6.22. The monoisotopic (exact) mass is 388 g/mol. The Morgan fingerprint density at radius 3 is 2.54 bits per heavy atom. The highest BCUT2D eigenvalue weighted by Crippen LogP contribution is 2.39. The summed E-state index contributed by atoms with van der Waals surface area (Å²) in [6, 6.07) is 15.1. The second-order valence-electron chi connectivity index (χ2n) is 6.19. The Hall–Kier alpha value is -1.98. The minimum Gasteiger partial charge on any atom is -0.352 e. The van der Waals surface area contributed by atoms with E-state index in [0.717, 1.165) is 17.5 Å². The molecule has 0 saturated carbocycles. The molecular formula is C20H21ClN2O2S. The van der Waals surface area contributed by atoms with Crippen LogP contribution in [0.2, 0.25) is 5.02 Å². The van der Waals surface area contributed by atoms with E-state index in [9.17, 15) is 9.59 Å². The van der Waals surface area contributed by atoms with Crippen molar-refractivity contribution < 1.29 is 9.59 Å². The molecule has 0 spiro atoms. The van der Waals surface area contributed by atoms with Crippen molar-refractivity contribution in [3.8, 4) is 0 Å². The molecule has 1 aliphatic heterocycles. The van der Waals surface area contributed by atoms with Crippen LogP contribution in [-0.4, -0.2) is 29.0 Å². The number of amides is 2. The molecule has 4 nitrogen and oxygen atoms in total. The number of hydrogen-bond acceptors (Lipinski definition) is 3. The van der Waals surface area contributed by atoms with Gasteiger partial charge in [0.05, 0.1) is 5.75 Å². The number of rotatable bonds is 6. The molecule has 0 unspecified atom stereocenters. The molecule has 0 radical (unpaired) electrons. The fourth-order valence-electron chi connectivity index (χ4n) is 2.83. The Labute approximate surface area is 162 Å². The third-order valence-corrected chi connectivity index (χ3v) is 5.74. The minimum absolute atomic E-state index is 0.0362. The average molecular weight is 389 g/mol. The van der Waals surface area contributed by atoms with Crippen molar-refractivity contribution in [3.63, 3.8) is 0 Å². The smallest absolute Gasteiger partial charge is 0.251 e. The second-order valence-corrected chi connectivity index (χ2v) is 7.69. The second kappa shape index (κ2) is 8.60. The predicted octanol–water partition coefficient (Wildman–Crippen LogP) is 4.25. The molecular weight excluding hydrogens is 368 g/mol. The maximum absolute atomic E-state index is 12.3. The zero-order valence-electron chi connectivity index (χ0n) is 14.6. The number of carbonyl (C=O) groups is 2. The molecule has 1 aliphatic rings. The van der Waals surface area contributed by atoms with Crippen LogP contribution in [0.5, 0.6) is 0 Å². The first-order chi connectivity index (χ1) is 12.6. The first-order valence-corrected chi connectivity index (χ1v) is 10.0. The van der Waals surface area contributed by atoms with Gasteiger partial charge in [-0.2, -0.15) is 0 Å². The summed E-state index contributed by atoms with van der Waals surface area (Å²) in [6.45, 7) is 3.24. The minimum atomic E-state index is -0.0634. The topological polar surface area (TPSA) is 49.4 Å². The van der Waals surface area contributed by atoms with E-state index in [1.54, 1.807) is 11.8 Å². The largest absolute Gasteiger partial charge is 0.352 e. The zero-order chi connectivity index (χ0) is 18.5. The SMILES string of the molecule is CCCNC(=O)c1ccc([C@@H]2SCC(=O)N2Cc2ccc(Cl)cc2)cc1. The lowest BCUT2D eigenvalue weighted by Crippen LogP contribution is -2.27. The van der Waals surface area contributed by atoms with E-state index >= 15 is 0 Å². The molecule has 1 N–H and O–H groups in total. The number of benzene rings is 2. The molecule has 6 heteroatoms. The maximum atomic E-state index is 12.3. The number of nitrogens with one attached hydrogen (secondary N) is 1. The fourth-order valence-corrected chi connectivity index (χ4v) is 4.14. The molecule has 1 heterocycles. The third-order valence-electron chi connectivity index (χ3n) is 4.23. The van der Waals surface area contributed by atoms with Crippen molar-refractivity contribution in [1.29, 1.82) is 0 Å². The molecule has 1 saturated heterocycles. The van der Waals surface area contributed by atoms with Crippen LogP contribution < -0.4 is 5.32 Å². The maximum Gasteiger partial charge on any atom is 0.251 e. The van der Waals surface area contributed by atoms with Crippen LogP contribution >= 0.6 is 23.4 Å². The fraction of sp³-hybridized carbons (Fsp3) is 0.300. The molecule has 2 amide bonds. The van der Waals surface area contributed by atoms with Crippen LogP contribution in [0, 0.1) is 0 Å². The van der Waals surface area contributed by atoms with Crippen molar-refractivity contribution in [1.82, 2.24) is 10.2 Å². The van der Waals surface area contributed by atoms with Crippen LogP contribution in [-0.2, 0) is 11.3 Å². The van der Waals surface area contributed by atoms with E-state index in [-0.39, 0.29) is 17.2 Å². The summed E-state index contributed by atoms with van der Waals surface area (Å²) in [5.41, 5.74) is 2.72.